The fourth-order valence-corrected chi connectivity index (χ4v) is 17.2. The van der Waals surface area contributed by atoms with Crippen LogP contribution in [0.3, 0.4) is 0 Å². The third kappa shape index (κ3) is 7.98. The average Bonchev–Trinajstić information content (AvgIpc) is 4.35. The van der Waals surface area contributed by atoms with Crippen molar-refractivity contribution >= 4 is 142 Å². The molecular weight excluding hydrogens is 1040 g/mol. The van der Waals surface area contributed by atoms with Crippen LogP contribution in [0.1, 0.15) is 78.0 Å². The zero-order chi connectivity index (χ0) is 54.3. The van der Waals surface area contributed by atoms with Gasteiger partial charge >= 0.3 is 0 Å². The predicted molar refractivity (Wildman–Crippen MR) is 355 cm³/mol. The van der Waals surface area contributed by atoms with E-state index in [1.807, 2.05) is 45.3 Å². The predicted octanol–water partition coefficient (Wildman–Crippen LogP) is 21.0. The summed E-state index contributed by atoms with van der Waals surface area (Å²) in [4.78, 5) is 8.02. The van der Waals surface area contributed by atoms with Gasteiger partial charge in [0.05, 0.1) is 22.7 Å². The summed E-state index contributed by atoms with van der Waals surface area (Å²) >= 11 is 7.77. The Morgan fingerprint density at radius 3 is 1.21 bits per heavy atom. The van der Waals surface area contributed by atoms with Gasteiger partial charge in [-0.3, -0.25) is 0 Å². The Balaban J connectivity index is 1.10. The van der Waals surface area contributed by atoms with Gasteiger partial charge in [0, 0.05) is 71.4 Å². The molecule has 0 N–H and O–H groups in total. The molecule has 4 aromatic heterocycles. The van der Waals surface area contributed by atoms with Crippen molar-refractivity contribution in [3.8, 4) is 43.1 Å². The first-order chi connectivity index (χ1) is 38.7. The molecule has 2 aliphatic heterocycles. The number of anilines is 6. The van der Waals surface area contributed by atoms with Gasteiger partial charge in [0.2, 0.25) is 0 Å². The van der Waals surface area contributed by atoms with Crippen molar-refractivity contribution in [2.45, 2.75) is 72.1 Å². The molecule has 0 radical (unpaired) electrons. The third-order valence-corrected chi connectivity index (χ3v) is 21.5. The van der Waals surface area contributed by atoms with Crippen LogP contribution in [0.2, 0.25) is 0 Å². The molecule has 388 valence electrons. The van der Waals surface area contributed by atoms with E-state index in [1.165, 1.54) is 149 Å². The Hall–Kier alpha value is -7.52. The topological polar surface area (TPSA) is 6.48 Å². The van der Waals surface area contributed by atoms with E-state index >= 15 is 0 Å². The molecule has 6 heterocycles. The van der Waals surface area contributed by atoms with E-state index in [2.05, 4.69) is 271 Å². The van der Waals surface area contributed by atoms with Crippen LogP contribution in [-0.4, -0.2) is 6.71 Å². The minimum absolute atomic E-state index is 0.0263. The number of benzene rings is 9. The minimum atomic E-state index is -0.0513. The van der Waals surface area contributed by atoms with Gasteiger partial charge in [-0.1, -0.05) is 189 Å². The lowest BCUT2D eigenvalue weighted by molar-refractivity contribution is 0.591. The number of nitrogens with zero attached hydrogens (tertiary/aromatic N) is 2. The van der Waals surface area contributed by atoms with Gasteiger partial charge in [0.25, 0.3) is 6.71 Å². The first-order valence-corrected chi connectivity index (χ1v) is 31.3. The number of rotatable bonds is 7. The Kier molecular flexibility index (Phi) is 11.5. The van der Waals surface area contributed by atoms with Crippen molar-refractivity contribution in [1.29, 1.82) is 0 Å². The van der Waals surface area contributed by atoms with Crippen molar-refractivity contribution in [2.75, 3.05) is 9.80 Å². The van der Waals surface area contributed by atoms with Crippen LogP contribution in [0.4, 0.5) is 34.1 Å². The van der Waals surface area contributed by atoms with Crippen LogP contribution in [0, 0.1) is 0 Å². The Morgan fingerprint density at radius 1 is 0.375 bits per heavy atom. The fourth-order valence-electron chi connectivity index (χ4n) is 12.5. The van der Waals surface area contributed by atoms with E-state index in [1.54, 1.807) is 0 Å². The molecule has 0 saturated carbocycles. The molecule has 13 aromatic rings. The van der Waals surface area contributed by atoms with E-state index in [4.69, 9.17) is 0 Å². The van der Waals surface area contributed by atoms with Crippen LogP contribution in [0.5, 0.6) is 0 Å². The molecule has 7 heteroatoms. The highest BCUT2D eigenvalue weighted by Crippen LogP contribution is 2.55. The summed E-state index contributed by atoms with van der Waals surface area (Å²) in [5, 5.41) is 5.19. The van der Waals surface area contributed by atoms with Crippen LogP contribution in [0.25, 0.3) is 83.5 Å². The first-order valence-electron chi connectivity index (χ1n) is 28.0. The molecule has 15 rings (SSSR count). The average molecular weight is 1100 g/mol. The van der Waals surface area contributed by atoms with Gasteiger partial charge in [0.15, 0.2) is 0 Å². The van der Waals surface area contributed by atoms with Crippen LogP contribution in [0.15, 0.2) is 206 Å². The monoisotopic (exact) mass is 1100 g/mol. The van der Waals surface area contributed by atoms with Crippen molar-refractivity contribution in [3.63, 3.8) is 0 Å². The smallest absolute Gasteiger partial charge is 0.277 e. The summed E-state index contributed by atoms with van der Waals surface area (Å²) in [5.74, 6) is 0.233. The van der Waals surface area contributed by atoms with Crippen molar-refractivity contribution < 1.29 is 0 Å². The second kappa shape index (κ2) is 18.5. The van der Waals surface area contributed by atoms with Crippen molar-refractivity contribution in [1.82, 2.24) is 0 Å². The van der Waals surface area contributed by atoms with E-state index in [9.17, 15) is 0 Å². The van der Waals surface area contributed by atoms with E-state index < -0.39 is 0 Å². The van der Waals surface area contributed by atoms with Gasteiger partial charge in [0.1, 0.15) is 0 Å². The first kappa shape index (κ1) is 49.5. The maximum atomic E-state index is 2.74. The number of hydrogen-bond acceptors (Lipinski definition) is 6. The van der Waals surface area contributed by atoms with Crippen LogP contribution in [-0.2, 0) is 10.8 Å². The normalized spacial score (nSPS) is 13.3. The van der Waals surface area contributed by atoms with Gasteiger partial charge in [-0.15, -0.1) is 45.3 Å². The molecule has 0 unspecified atom stereocenters. The number of thiophene rings is 4. The maximum absolute atomic E-state index is 2.74. The number of hydrogen-bond donors (Lipinski definition) is 0. The summed E-state index contributed by atoms with van der Waals surface area (Å²) < 4.78 is 8.03. The van der Waals surface area contributed by atoms with Gasteiger partial charge in [-0.05, 0) is 145 Å². The van der Waals surface area contributed by atoms with E-state index in [-0.39, 0.29) is 23.5 Å². The summed E-state index contributed by atoms with van der Waals surface area (Å²) in [6.45, 7) is 18.9. The van der Waals surface area contributed by atoms with Crippen molar-refractivity contribution in [2.24, 2.45) is 0 Å². The van der Waals surface area contributed by atoms with Crippen LogP contribution < -0.4 is 24.8 Å². The molecule has 0 amide bonds. The highest BCUT2D eigenvalue weighted by Gasteiger charge is 2.48. The van der Waals surface area contributed by atoms with E-state index in [0.717, 1.165) is 0 Å². The summed E-state index contributed by atoms with van der Waals surface area (Å²) in [5.41, 5.74) is 20.0. The highest BCUT2D eigenvalue weighted by atomic mass is 32.1. The zero-order valence-corrected chi connectivity index (χ0v) is 49.6. The summed E-state index contributed by atoms with van der Waals surface area (Å²) in [7, 11) is 0. The van der Waals surface area contributed by atoms with Gasteiger partial charge < -0.3 is 9.80 Å². The Morgan fingerprint density at radius 2 is 0.800 bits per heavy atom. The second-order valence-electron chi connectivity index (χ2n) is 24.3. The molecule has 0 atom stereocenters. The van der Waals surface area contributed by atoms with Crippen molar-refractivity contribution in [3.05, 3.63) is 223 Å². The molecule has 0 spiro atoms. The lowest BCUT2D eigenvalue weighted by atomic mass is 9.39. The minimum Gasteiger partial charge on any atom is -0.309 e. The molecule has 2 aliphatic rings. The van der Waals surface area contributed by atoms with E-state index in [0.29, 0.717) is 0 Å². The quantitative estimate of drug-likeness (QED) is 0.147. The fraction of sp³-hybridized carbons (Fsp3) is 0.151. The number of fused-ring (bicyclic) bond motifs is 10. The standard InChI is InChI=1S/C73H59BN2S4/c1-43(2)50-37-59-67-60(38-50)76(58-36-49(28-32-54(58)45-21-13-10-14-22-45)66-40-47-24-16-18-26-62(47)78-66)69-56-42-52(73(6,7)8)30-34-64(56)80-71(69)74(67)70-68(55-41-51(72(3,4)5)29-33-63(55)79-70)75(59)57-35-48(27-31-53(57)44-19-11-9-12-20-44)65-39-46-23-15-17-25-61(46)77-65/h9-43H,1-8H3. The third-order valence-electron chi connectivity index (χ3n) is 16.7. The molecular formula is C73H59BN2S4. The zero-order valence-electron chi connectivity index (χ0n) is 46.3. The van der Waals surface area contributed by atoms with Gasteiger partial charge in [-0.25, -0.2) is 0 Å². The second-order valence-corrected chi connectivity index (χ2v) is 28.6. The summed E-state index contributed by atoms with van der Waals surface area (Å²) in [6.07, 6.45) is 0. The maximum Gasteiger partial charge on any atom is 0.277 e. The molecule has 9 aromatic carbocycles. The van der Waals surface area contributed by atoms with Gasteiger partial charge in [-0.2, -0.15) is 0 Å². The molecule has 0 bridgehead atoms. The molecule has 2 nitrogen and oxygen atoms in total. The largest absolute Gasteiger partial charge is 0.309 e. The Bertz CT molecular complexity index is 4260. The Labute approximate surface area is 486 Å². The van der Waals surface area contributed by atoms with Crippen LogP contribution >= 0.6 is 45.3 Å². The lowest BCUT2D eigenvalue weighted by Gasteiger charge is -2.43. The molecule has 80 heavy (non-hydrogen) atoms. The molecule has 0 saturated heterocycles. The molecule has 0 fully saturated rings. The molecule has 0 aliphatic carbocycles. The lowest BCUT2D eigenvalue weighted by Crippen LogP contribution is -2.59. The summed E-state index contributed by atoms with van der Waals surface area (Å²) in [6, 6.07) is 79.1. The SMILES string of the molecule is CC(C)c1cc2c3c(c1)N(c1cc(-c4cc5ccccc5s4)ccc1-c1ccccc1)c1c(sc4ccc(C(C)(C)C)cc14)B3c1sc3ccc(C(C)(C)C)cc3c1N2c1cc(-c2cc3ccccc3s2)ccc1-c1ccccc1. The highest BCUT2D eigenvalue weighted by molar-refractivity contribution is 7.40.